The van der Waals surface area contributed by atoms with Gasteiger partial charge in [0.05, 0.1) is 18.7 Å². The van der Waals surface area contributed by atoms with Crippen molar-refractivity contribution < 1.29 is 18.8 Å². The van der Waals surface area contributed by atoms with E-state index in [9.17, 15) is 9.59 Å². The highest BCUT2D eigenvalue weighted by Gasteiger charge is 2.36. The first-order chi connectivity index (χ1) is 14.6. The van der Waals surface area contributed by atoms with Gasteiger partial charge in [0, 0.05) is 30.6 Å². The first-order valence-corrected chi connectivity index (χ1v) is 10.7. The normalized spacial score (nSPS) is 18.6. The predicted octanol–water partition coefficient (Wildman–Crippen LogP) is 3.68. The van der Waals surface area contributed by atoms with Gasteiger partial charge in [0.1, 0.15) is 10.6 Å². The zero-order chi connectivity index (χ0) is 20.7. The molecule has 1 saturated heterocycles. The molecule has 2 aromatic heterocycles. The number of hydrogen-bond acceptors (Lipinski definition) is 7. The van der Waals surface area contributed by atoms with Gasteiger partial charge in [-0.25, -0.2) is 0 Å². The van der Waals surface area contributed by atoms with Gasteiger partial charge in [-0.3, -0.25) is 9.59 Å². The molecule has 154 valence electrons. The van der Waals surface area contributed by atoms with Crippen LogP contribution < -0.4 is 15.0 Å². The fraction of sp³-hybridized carbons (Fsp3) is 0.333. The summed E-state index contributed by atoms with van der Waals surface area (Å²) < 4.78 is 10.6. The van der Waals surface area contributed by atoms with Crippen LogP contribution in [0.3, 0.4) is 0 Å². The molecule has 1 aliphatic heterocycles. The van der Waals surface area contributed by atoms with Crippen LogP contribution in [0.4, 0.5) is 11.4 Å². The van der Waals surface area contributed by atoms with Gasteiger partial charge in [-0.2, -0.15) is 4.98 Å². The fourth-order valence-electron chi connectivity index (χ4n) is 3.55. The van der Waals surface area contributed by atoms with Crippen molar-refractivity contribution in [1.29, 1.82) is 0 Å². The zero-order valence-corrected chi connectivity index (χ0v) is 17.1. The van der Waals surface area contributed by atoms with E-state index in [2.05, 4.69) is 15.5 Å². The van der Waals surface area contributed by atoms with E-state index in [1.807, 2.05) is 29.6 Å². The molecule has 1 saturated carbocycles. The molecular formula is C21H20N4O4S. The molecule has 2 aliphatic rings. The van der Waals surface area contributed by atoms with Crippen LogP contribution in [-0.4, -0.2) is 35.6 Å². The van der Waals surface area contributed by atoms with Crippen LogP contribution in [-0.2, 0) is 9.59 Å². The number of methoxy groups -OCH3 is 1. The molecule has 30 heavy (non-hydrogen) atoms. The Labute approximate surface area is 176 Å². The van der Waals surface area contributed by atoms with Crippen LogP contribution in [0.15, 0.2) is 40.2 Å². The maximum absolute atomic E-state index is 12.9. The lowest BCUT2D eigenvalue weighted by molar-refractivity contribution is -0.122. The molecule has 1 N–H and O–H groups in total. The molecule has 0 bridgehead atoms. The van der Waals surface area contributed by atoms with Gasteiger partial charge in [0.25, 0.3) is 5.89 Å². The van der Waals surface area contributed by atoms with Crippen LogP contribution in [0.1, 0.15) is 31.0 Å². The van der Waals surface area contributed by atoms with Crippen LogP contribution in [0, 0.1) is 5.92 Å². The average Bonchev–Trinajstić information content (AvgIpc) is 3.14. The summed E-state index contributed by atoms with van der Waals surface area (Å²) in [4.78, 5) is 32.2. The van der Waals surface area contributed by atoms with E-state index in [0.717, 1.165) is 29.2 Å². The van der Waals surface area contributed by atoms with Crippen LogP contribution in [0.25, 0.3) is 10.8 Å². The lowest BCUT2D eigenvalue weighted by atomic mass is 10.1. The summed E-state index contributed by atoms with van der Waals surface area (Å²) in [6, 6.07) is 9.09. The third-order valence-corrected chi connectivity index (χ3v) is 6.26. The van der Waals surface area contributed by atoms with Gasteiger partial charge < -0.3 is 19.5 Å². The Balaban J connectivity index is 1.29. The Bertz CT molecular complexity index is 1100. The van der Waals surface area contributed by atoms with Crippen molar-refractivity contribution in [1.82, 2.24) is 10.1 Å². The standard InChI is InChI=1S/C21H20N4O4S/c1-28-15-4-2-3-14(10-15)25-11-13(9-17(25)26)20(27)22-16-7-8-30-18(16)21-23-19(24-29-21)12-5-6-12/h2-4,7-8,10,12-13H,5-6,9,11H2,1H3,(H,22,27)/t13-/m0/s1. The van der Waals surface area contributed by atoms with Crippen LogP contribution >= 0.6 is 11.3 Å². The third-order valence-electron chi connectivity index (χ3n) is 5.36. The van der Waals surface area contributed by atoms with E-state index in [4.69, 9.17) is 9.26 Å². The molecule has 1 aromatic carbocycles. The van der Waals surface area contributed by atoms with Crippen molar-refractivity contribution in [2.45, 2.75) is 25.2 Å². The molecule has 1 aliphatic carbocycles. The van der Waals surface area contributed by atoms with Crippen molar-refractivity contribution in [3.63, 3.8) is 0 Å². The minimum atomic E-state index is -0.443. The third kappa shape index (κ3) is 3.56. The Hall–Kier alpha value is -3.20. The molecule has 0 unspecified atom stereocenters. The van der Waals surface area contributed by atoms with E-state index >= 15 is 0 Å². The molecule has 0 radical (unpaired) electrons. The SMILES string of the molecule is COc1cccc(N2C[C@@H](C(=O)Nc3ccsc3-c3nc(C4CC4)no3)CC2=O)c1. The number of benzene rings is 1. The molecular weight excluding hydrogens is 404 g/mol. The molecule has 3 aromatic rings. The lowest BCUT2D eigenvalue weighted by Crippen LogP contribution is -2.28. The molecule has 0 spiro atoms. The number of nitrogens with one attached hydrogen (secondary N) is 1. The summed E-state index contributed by atoms with van der Waals surface area (Å²) in [6.07, 6.45) is 2.34. The topological polar surface area (TPSA) is 97.6 Å². The summed E-state index contributed by atoms with van der Waals surface area (Å²) in [5.41, 5.74) is 1.35. The molecule has 5 rings (SSSR count). The number of aromatic nitrogens is 2. The van der Waals surface area contributed by atoms with Crippen molar-refractivity contribution >= 4 is 34.5 Å². The molecule has 3 heterocycles. The van der Waals surface area contributed by atoms with Gasteiger partial charge >= 0.3 is 0 Å². The summed E-state index contributed by atoms with van der Waals surface area (Å²) in [5.74, 6) is 1.49. The minimum Gasteiger partial charge on any atom is -0.497 e. The highest BCUT2D eigenvalue weighted by Crippen LogP contribution is 2.40. The maximum atomic E-state index is 12.9. The van der Waals surface area contributed by atoms with E-state index in [0.29, 0.717) is 29.8 Å². The van der Waals surface area contributed by atoms with E-state index in [1.54, 1.807) is 18.1 Å². The van der Waals surface area contributed by atoms with E-state index < -0.39 is 5.92 Å². The number of ether oxygens (including phenoxy) is 1. The fourth-order valence-corrected chi connectivity index (χ4v) is 4.32. The van der Waals surface area contributed by atoms with Crippen molar-refractivity contribution in [2.75, 3.05) is 23.9 Å². The number of hydrogen-bond donors (Lipinski definition) is 1. The van der Waals surface area contributed by atoms with Crippen LogP contribution in [0.5, 0.6) is 5.75 Å². The molecule has 9 heteroatoms. The Kier molecular flexibility index (Phi) is 4.74. The first kappa shape index (κ1) is 18.8. The van der Waals surface area contributed by atoms with Crippen molar-refractivity contribution in [3.05, 3.63) is 41.5 Å². The number of nitrogens with zero attached hydrogens (tertiary/aromatic N) is 3. The molecule has 2 fully saturated rings. The summed E-state index contributed by atoms with van der Waals surface area (Å²) in [7, 11) is 1.58. The Morgan fingerprint density at radius 2 is 2.20 bits per heavy atom. The van der Waals surface area contributed by atoms with Gasteiger partial charge in [0.2, 0.25) is 11.8 Å². The second-order valence-corrected chi connectivity index (χ2v) is 8.41. The van der Waals surface area contributed by atoms with Gasteiger partial charge in [-0.1, -0.05) is 11.2 Å². The number of amides is 2. The van der Waals surface area contributed by atoms with Gasteiger partial charge in [0.15, 0.2) is 5.82 Å². The summed E-state index contributed by atoms with van der Waals surface area (Å²) >= 11 is 1.43. The average molecular weight is 424 g/mol. The van der Waals surface area contributed by atoms with Crippen LogP contribution in [0.2, 0.25) is 0 Å². The number of rotatable bonds is 6. The zero-order valence-electron chi connectivity index (χ0n) is 16.3. The summed E-state index contributed by atoms with van der Waals surface area (Å²) in [5, 5.41) is 8.86. The lowest BCUT2D eigenvalue weighted by Gasteiger charge is -2.17. The van der Waals surface area contributed by atoms with Gasteiger partial charge in [-0.15, -0.1) is 11.3 Å². The van der Waals surface area contributed by atoms with Crippen molar-refractivity contribution in [2.24, 2.45) is 5.92 Å². The largest absolute Gasteiger partial charge is 0.497 e. The summed E-state index contributed by atoms with van der Waals surface area (Å²) in [6.45, 7) is 0.323. The molecule has 2 amide bonds. The highest BCUT2D eigenvalue weighted by atomic mass is 32.1. The second kappa shape index (κ2) is 7.56. The van der Waals surface area contributed by atoms with E-state index in [-0.39, 0.29) is 18.2 Å². The molecule has 1 atom stereocenters. The maximum Gasteiger partial charge on any atom is 0.270 e. The van der Waals surface area contributed by atoms with E-state index in [1.165, 1.54) is 11.3 Å². The highest BCUT2D eigenvalue weighted by molar-refractivity contribution is 7.14. The number of thiophene rings is 1. The molecule has 8 nitrogen and oxygen atoms in total. The monoisotopic (exact) mass is 424 g/mol. The number of carbonyl (C=O) groups excluding carboxylic acids is 2. The second-order valence-electron chi connectivity index (χ2n) is 7.49. The minimum absolute atomic E-state index is 0.0834. The smallest absolute Gasteiger partial charge is 0.270 e. The predicted molar refractivity (Wildman–Crippen MR) is 112 cm³/mol. The number of anilines is 2. The van der Waals surface area contributed by atoms with Crippen molar-refractivity contribution in [3.8, 4) is 16.5 Å². The quantitative estimate of drug-likeness (QED) is 0.648. The number of carbonyl (C=O) groups is 2. The van der Waals surface area contributed by atoms with Gasteiger partial charge in [-0.05, 0) is 36.4 Å². The first-order valence-electron chi connectivity index (χ1n) is 9.79. The Morgan fingerprint density at radius 1 is 1.33 bits per heavy atom. The Morgan fingerprint density at radius 3 is 3.00 bits per heavy atom.